The van der Waals surface area contributed by atoms with E-state index in [1.54, 1.807) is 48.5 Å². The molecule has 0 aliphatic carbocycles. The number of halogens is 4. The van der Waals surface area contributed by atoms with E-state index in [0.717, 1.165) is 9.13 Å². The highest BCUT2D eigenvalue weighted by Gasteiger charge is 2.25. The lowest BCUT2D eigenvalue weighted by molar-refractivity contribution is -0.115. The molecule has 0 spiro atoms. The van der Waals surface area contributed by atoms with Crippen molar-refractivity contribution in [3.8, 4) is 11.5 Å². The van der Waals surface area contributed by atoms with Crippen LogP contribution >= 0.6 is 57.6 Å². The normalized spacial score (nSPS) is 15.5. The Bertz CT molecular complexity index is 1350. The number of ether oxygens (including phenoxy) is 2. The van der Waals surface area contributed by atoms with Crippen LogP contribution < -0.4 is 14.8 Å². The Hall–Kier alpha value is -2.27. The van der Waals surface area contributed by atoms with Crippen LogP contribution in [-0.4, -0.2) is 17.7 Å². The zero-order valence-corrected chi connectivity index (χ0v) is 22.8. The van der Waals surface area contributed by atoms with Crippen molar-refractivity contribution in [3.63, 3.8) is 0 Å². The molecule has 3 aromatic carbocycles. The lowest BCUT2D eigenvalue weighted by Crippen LogP contribution is -2.19. The molecule has 10 heteroatoms. The highest BCUT2D eigenvalue weighted by Crippen LogP contribution is 2.38. The molecular formula is C25H18Cl2FIN2O3S. The Morgan fingerprint density at radius 1 is 1.14 bits per heavy atom. The van der Waals surface area contributed by atoms with E-state index in [4.69, 9.17) is 32.7 Å². The Morgan fingerprint density at radius 2 is 1.94 bits per heavy atom. The van der Waals surface area contributed by atoms with Crippen LogP contribution in [-0.2, 0) is 11.4 Å². The monoisotopic (exact) mass is 642 g/mol. The maximum atomic E-state index is 14.0. The summed E-state index contributed by atoms with van der Waals surface area (Å²) in [5, 5.41) is 3.84. The number of carbonyl (C=O) groups is 1. The fraction of sp³-hybridized carbons (Fsp3) is 0.120. The number of carbonyl (C=O) groups excluding carboxylic acids is 1. The summed E-state index contributed by atoms with van der Waals surface area (Å²) in [6.07, 6.45) is 1.74. The van der Waals surface area contributed by atoms with Crippen molar-refractivity contribution < 1.29 is 18.7 Å². The van der Waals surface area contributed by atoms with Gasteiger partial charge in [0.1, 0.15) is 12.4 Å². The first-order valence-corrected chi connectivity index (χ1v) is 13.1. The third-order valence-electron chi connectivity index (χ3n) is 4.76. The molecule has 3 aromatic rings. The van der Waals surface area contributed by atoms with Crippen LogP contribution in [0.2, 0.25) is 10.0 Å². The molecule has 4 rings (SSSR count). The summed E-state index contributed by atoms with van der Waals surface area (Å²) in [5.74, 6) is 0.409. The molecule has 0 atom stereocenters. The SMILES string of the molecule is CCOc1cc(/C=C2/SC(=Nc3cccc(Cl)c3Cl)NC2=O)cc(I)c1OCc1ccccc1F. The molecule has 0 aromatic heterocycles. The van der Waals surface area contributed by atoms with Gasteiger partial charge in [0.25, 0.3) is 5.91 Å². The smallest absolute Gasteiger partial charge is 0.264 e. The van der Waals surface area contributed by atoms with Gasteiger partial charge in [-0.3, -0.25) is 4.79 Å². The Labute approximate surface area is 229 Å². The molecule has 0 bridgehead atoms. The molecule has 0 unspecified atom stereocenters. The van der Waals surface area contributed by atoms with E-state index < -0.39 is 0 Å². The zero-order valence-electron chi connectivity index (χ0n) is 18.3. The summed E-state index contributed by atoms with van der Waals surface area (Å²) in [7, 11) is 0. The maximum Gasteiger partial charge on any atom is 0.264 e. The Kier molecular flexibility index (Phi) is 8.59. The molecule has 1 amide bonds. The van der Waals surface area contributed by atoms with Gasteiger partial charge in [-0.2, -0.15) is 0 Å². The van der Waals surface area contributed by atoms with Gasteiger partial charge < -0.3 is 14.8 Å². The second kappa shape index (κ2) is 11.6. The van der Waals surface area contributed by atoms with Gasteiger partial charge >= 0.3 is 0 Å². The quantitative estimate of drug-likeness (QED) is 0.213. The van der Waals surface area contributed by atoms with E-state index >= 15 is 0 Å². The van der Waals surface area contributed by atoms with E-state index in [2.05, 4.69) is 32.9 Å². The van der Waals surface area contributed by atoms with Crippen molar-refractivity contribution in [2.45, 2.75) is 13.5 Å². The van der Waals surface area contributed by atoms with Gasteiger partial charge in [0.15, 0.2) is 16.7 Å². The van der Waals surface area contributed by atoms with E-state index in [1.807, 2.05) is 13.0 Å². The van der Waals surface area contributed by atoms with Gasteiger partial charge in [0, 0.05) is 5.56 Å². The van der Waals surface area contributed by atoms with Gasteiger partial charge in [-0.15, -0.1) is 0 Å². The molecule has 1 aliphatic heterocycles. The highest BCUT2D eigenvalue weighted by atomic mass is 127. The number of aliphatic imine (C=N–C) groups is 1. The van der Waals surface area contributed by atoms with Crippen LogP contribution in [0.15, 0.2) is 64.5 Å². The Morgan fingerprint density at radius 3 is 2.71 bits per heavy atom. The number of nitrogens with zero attached hydrogens (tertiary/aromatic N) is 1. The van der Waals surface area contributed by atoms with Crippen molar-refractivity contribution in [2.24, 2.45) is 4.99 Å². The van der Waals surface area contributed by atoms with E-state index in [9.17, 15) is 9.18 Å². The Balaban J connectivity index is 1.58. The lowest BCUT2D eigenvalue weighted by Gasteiger charge is -2.15. The summed E-state index contributed by atoms with van der Waals surface area (Å²) in [5.41, 5.74) is 1.66. The second-order valence-electron chi connectivity index (χ2n) is 7.20. The first kappa shape index (κ1) is 25.8. The van der Waals surface area contributed by atoms with Crippen LogP contribution in [0, 0.1) is 9.39 Å². The average molecular weight is 643 g/mol. The molecule has 35 heavy (non-hydrogen) atoms. The fourth-order valence-corrected chi connectivity index (χ4v) is 5.11. The third-order valence-corrected chi connectivity index (χ3v) is 7.28. The first-order chi connectivity index (χ1) is 16.9. The number of rotatable bonds is 7. The van der Waals surface area contributed by atoms with Crippen LogP contribution in [0.25, 0.3) is 6.08 Å². The van der Waals surface area contributed by atoms with E-state index in [-0.39, 0.29) is 18.3 Å². The van der Waals surface area contributed by atoms with Gasteiger partial charge in [-0.25, -0.2) is 9.38 Å². The molecular weight excluding hydrogens is 625 g/mol. The summed E-state index contributed by atoms with van der Waals surface area (Å²) in [6, 6.07) is 15.2. The predicted octanol–water partition coefficient (Wildman–Crippen LogP) is 7.61. The van der Waals surface area contributed by atoms with Crippen molar-refractivity contribution in [3.05, 3.63) is 90.1 Å². The fourth-order valence-electron chi connectivity index (χ4n) is 3.16. The first-order valence-electron chi connectivity index (χ1n) is 10.4. The molecule has 1 saturated heterocycles. The summed E-state index contributed by atoms with van der Waals surface area (Å²) in [4.78, 5) is 17.4. The molecule has 0 saturated carbocycles. The number of hydrogen-bond acceptors (Lipinski definition) is 5. The number of thioether (sulfide) groups is 1. The zero-order chi connectivity index (χ0) is 24.9. The van der Waals surface area contributed by atoms with Crippen molar-refractivity contribution >= 4 is 80.4 Å². The maximum absolute atomic E-state index is 14.0. The van der Waals surface area contributed by atoms with Gasteiger partial charge in [0.05, 0.1) is 30.8 Å². The standard InChI is InChI=1S/C25H18Cl2FIN2O3S/c1-2-33-20-11-14(10-18(29)23(20)34-13-15-6-3-4-8-17(15)28)12-21-24(32)31-25(35-21)30-19-9-5-7-16(26)22(19)27/h3-12H,2,13H2,1H3,(H,30,31,32)/b21-12+. The summed E-state index contributed by atoms with van der Waals surface area (Å²) in [6.45, 7) is 2.34. The minimum absolute atomic E-state index is 0.0628. The van der Waals surface area contributed by atoms with Crippen molar-refractivity contribution in [1.82, 2.24) is 5.32 Å². The molecule has 1 fully saturated rings. The van der Waals surface area contributed by atoms with Crippen molar-refractivity contribution in [2.75, 3.05) is 6.61 Å². The van der Waals surface area contributed by atoms with Gasteiger partial charge in [-0.1, -0.05) is 47.5 Å². The number of hydrogen-bond donors (Lipinski definition) is 1. The van der Waals surface area contributed by atoms with E-state index in [1.165, 1.54) is 17.8 Å². The van der Waals surface area contributed by atoms with Crippen LogP contribution in [0.3, 0.4) is 0 Å². The second-order valence-corrected chi connectivity index (χ2v) is 10.2. The highest BCUT2D eigenvalue weighted by molar-refractivity contribution is 14.1. The lowest BCUT2D eigenvalue weighted by atomic mass is 10.1. The van der Waals surface area contributed by atoms with E-state index in [0.29, 0.717) is 49.5 Å². The number of amidine groups is 1. The topological polar surface area (TPSA) is 59.9 Å². The average Bonchev–Trinajstić information content (AvgIpc) is 3.16. The molecule has 5 nitrogen and oxygen atoms in total. The number of nitrogens with one attached hydrogen (secondary N) is 1. The number of amides is 1. The van der Waals surface area contributed by atoms with Crippen molar-refractivity contribution in [1.29, 1.82) is 0 Å². The predicted molar refractivity (Wildman–Crippen MR) is 148 cm³/mol. The van der Waals surface area contributed by atoms with Crippen LogP contribution in [0.4, 0.5) is 10.1 Å². The van der Waals surface area contributed by atoms with Gasteiger partial charge in [0.2, 0.25) is 0 Å². The van der Waals surface area contributed by atoms with Crippen LogP contribution in [0.5, 0.6) is 11.5 Å². The minimum atomic E-state index is -0.331. The number of benzene rings is 3. The largest absolute Gasteiger partial charge is 0.490 e. The third kappa shape index (κ3) is 6.30. The summed E-state index contributed by atoms with van der Waals surface area (Å²) >= 11 is 15.6. The molecule has 1 N–H and O–H groups in total. The summed E-state index contributed by atoms with van der Waals surface area (Å²) < 4.78 is 26.5. The van der Waals surface area contributed by atoms with Crippen LogP contribution in [0.1, 0.15) is 18.1 Å². The van der Waals surface area contributed by atoms with Gasteiger partial charge in [-0.05, 0) is 83.2 Å². The molecule has 180 valence electrons. The molecule has 0 radical (unpaired) electrons. The molecule has 1 heterocycles. The minimum Gasteiger partial charge on any atom is -0.490 e. The molecule has 1 aliphatic rings.